The molecule has 1 rings (SSSR count). The summed E-state index contributed by atoms with van der Waals surface area (Å²) in [6.07, 6.45) is 0. The highest BCUT2D eigenvalue weighted by atomic mass is 127. The lowest BCUT2D eigenvalue weighted by atomic mass is 10.2. The van der Waals surface area contributed by atoms with E-state index in [0.29, 0.717) is 6.54 Å². The molecule has 72 valence electrons. The Hall–Kier alpha value is -0.330. The van der Waals surface area contributed by atoms with Crippen LogP contribution in [0.1, 0.15) is 5.56 Å². The average Bonchev–Trinajstić information content (AvgIpc) is 2.17. The molecule has 0 radical (unpaired) electrons. The van der Waals surface area contributed by atoms with Gasteiger partial charge in [-0.05, 0) is 40.3 Å². The maximum Gasteiger partial charge on any atom is 0.188 e. The highest BCUT2D eigenvalue weighted by Crippen LogP contribution is 2.21. The van der Waals surface area contributed by atoms with Crippen LogP contribution < -0.4 is 10.5 Å². The Morgan fingerprint density at radius 2 is 2.23 bits per heavy atom. The lowest BCUT2D eigenvalue weighted by Crippen LogP contribution is -2.02. The third-order valence-electron chi connectivity index (χ3n) is 1.56. The molecule has 0 aromatic heterocycles. The van der Waals surface area contributed by atoms with E-state index < -0.39 is 0 Å². The number of methoxy groups -OCH3 is 1. The van der Waals surface area contributed by atoms with Gasteiger partial charge in [0.2, 0.25) is 0 Å². The van der Waals surface area contributed by atoms with Crippen molar-refractivity contribution in [1.82, 2.24) is 0 Å². The molecule has 1 aromatic rings. The van der Waals surface area contributed by atoms with Crippen LogP contribution in [0.3, 0.4) is 0 Å². The zero-order valence-electron chi connectivity index (χ0n) is 7.42. The molecule has 0 fully saturated rings. The summed E-state index contributed by atoms with van der Waals surface area (Å²) in [4.78, 5) is 0. The van der Waals surface area contributed by atoms with E-state index in [0.717, 1.165) is 14.9 Å². The van der Waals surface area contributed by atoms with Crippen LogP contribution in [-0.4, -0.2) is 13.9 Å². The van der Waals surface area contributed by atoms with Crippen molar-refractivity contribution in [2.24, 2.45) is 5.73 Å². The van der Waals surface area contributed by atoms with Crippen molar-refractivity contribution >= 4 is 22.6 Å². The van der Waals surface area contributed by atoms with Crippen molar-refractivity contribution < 1.29 is 9.47 Å². The quantitative estimate of drug-likeness (QED) is 0.679. The van der Waals surface area contributed by atoms with Gasteiger partial charge in [0.1, 0.15) is 5.75 Å². The molecule has 2 N–H and O–H groups in total. The molecule has 0 saturated carbocycles. The van der Waals surface area contributed by atoms with E-state index in [-0.39, 0.29) is 6.79 Å². The molecule has 13 heavy (non-hydrogen) atoms. The summed E-state index contributed by atoms with van der Waals surface area (Å²) in [5.74, 6) is 0.824. The lowest BCUT2D eigenvalue weighted by Gasteiger charge is -2.08. The normalized spacial score (nSPS) is 10.1. The van der Waals surface area contributed by atoms with Gasteiger partial charge < -0.3 is 15.2 Å². The van der Waals surface area contributed by atoms with Crippen LogP contribution in [0.5, 0.6) is 5.75 Å². The number of benzene rings is 1. The molecule has 0 unspecified atom stereocenters. The van der Waals surface area contributed by atoms with Gasteiger partial charge in [0.05, 0.1) is 3.57 Å². The first-order valence-corrected chi connectivity index (χ1v) is 4.96. The van der Waals surface area contributed by atoms with Crippen LogP contribution in [0.2, 0.25) is 0 Å². The number of rotatable bonds is 4. The van der Waals surface area contributed by atoms with E-state index in [4.69, 9.17) is 15.2 Å². The van der Waals surface area contributed by atoms with Gasteiger partial charge in [-0.1, -0.05) is 6.07 Å². The van der Waals surface area contributed by atoms with Crippen LogP contribution in [0.25, 0.3) is 0 Å². The molecule has 0 spiro atoms. The number of hydrogen-bond acceptors (Lipinski definition) is 3. The Morgan fingerprint density at radius 1 is 1.46 bits per heavy atom. The predicted octanol–water partition coefficient (Wildman–Crippen LogP) is 1.73. The number of nitrogens with two attached hydrogens (primary N) is 1. The van der Waals surface area contributed by atoms with Gasteiger partial charge in [0.15, 0.2) is 6.79 Å². The lowest BCUT2D eigenvalue weighted by molar-refractivity contribution is 0.0504. The zero-order valence-corrected chi connectivity index (χ0v) is 9.58. The Balaban J connectivity index is 2.78. The van der Waals surface area contributed by atoms with E-state index in [9.17, 15) is 0 Å². The summed E-state index contributed by atoms with van der Waals surface area (Å²) < 4.78 is 11.2. The fraction of sp³-hybridized carbons (Fsp3) is 0.333. The topological polar surface area (TPSA) is 44.5 Å². The maximum atomic E-state index is 5.51. The molecular weight excluding hydrogens is 281 g/mol. The maximum absolute atomic E-state index is 5.51. The van der Waals surface area contributed by atoms with Crippen LogP contribution in [-0.2, 0) is 11.3 Å². The van der Waals surface area contributed by atoms with Gasteiger partial charge in [0.25, 0.3) is 0 Å². The highest BCUT2D eigenvalue weighted by Gasteiger charge is 2.01. The standard InChI is InChI=1S/C9H12INO2/c1-12-6-13-9-4-7(5-11)2-3-8(9)10/h2-4H,5-6,11H2,1H3. The second-order valence-electron chi connectivity index (χ2n) is 2.52. The smallest absolute Gasteiger partial charge is 0.188 e. The fourth-order valence-electron chi connectivity index (χ4n) is 0.908. The minimum absolute atomic E-state index is 0.268. The zero-order chi connectivity index (χ0) is 9.68. The van der Waals surface area contributed by atoms with Crippen LogP contribution in [0.4, 0.5) is 0 Å². The molecule has 0 bridgehead atoms. The minimum Gasteiger partial charge on any atom is -0.466 e. The first kappa shape index (κ1) is 10.7. The highest BCUT2D eigenvalue weighted by molar-refractivity contribution is 14.1. The first-order chi connectivity index (χ1) is 6.27. The summed E-state index contributed by atoms with van der Waals surface area (Å²) in [5.41, 5.74) is 6.57. The second kappa shape index (κ2) is 5.41. The van der Waals surface area contributed by atoms with Gasteiger partial charge in [-0.15, -0.1) is 0 Å². The van der Waals surface area contributed by atoms with Gasteiger partial charge in [-0.3, -0.25) is 0 Å². The average molecular weight is 293 g/mol. The van der Waals surface area contributed by atoms with E-state index in [1.807, 2.05) is 18.2 Å². The molecule has 0 atom stereocenters. The molecule has 0 saturated heterocycles. The van der Waals surface area contributed by atoms with E-state index >= 15 is 0 Å². The van der Waals surface area contributed by atoms with Crippen molar-refractivity contribution in [3.05, 3.63) is 27.3 Å². The van der Waals surface area contributed by atoms with Crippen molar-refractivity contribution in [1.29, 1.82) is 0 Å². The molecule has 4 heteroatoms. The summed E-state index contributed by atoms with van der Waals surface area (Å²) in [5, 5.41) is 0. The van der Waals surface area contributed by atoms with Gasteiger partial charge in [-0.2, -0.15) is 0 Å². The molecule has 1 aromatic carbocycles. The molecule has 0 amide bonds. The van der Waals surface area contributed by atoms with Crippen LogP contribution in [0, 0.1) is 3.57 Å². The number of hydrogen-bond donors (Lipinski definition) is 1. The first-order valence-electron chi connectivity index (χ1n) is 3.88. The third kappa shape index (κ3) is 3.13. The van der Waals surface area contributed by atoms with E-state index in [2.05, 4.69) is 22.6 Å². The van der Waals surface area contributed by atoms with E-state index in [1.165, 1.54) is 0 Å². The predicted molar refractivity (Wildman–Crippen MR) is 59.6 cm³/mol. The largest absolute Gasteiger partial charge is 0.466 e. The van der Waals surface area contributed by atoms with Gasteiger partial charge in [0, 0.05) is 13.7 Å². The molecule has 0 aliphatic heterocycles. The molecule has 0 aliphatic rings. The summed E-state index contributed by atoms with van der Waals surface area (Å²) in [7, 11) is 1.60. The van der Waals surface area contributed by atoms with Crippen molar-refractivity contribution in [2.75, 3.05) is 13.9 Å². The minimum atomic E-state index is 0.268. The fourth-order valence-corrected chi connectivity index (χ4v) is 1.40. The molecule has 0 heterocycles. The molecular formula is C9H12INO2. The molecule has 3 nitrogen and oxygen atoms in total. The SMILES string of the molecule is COCOc1cc(CN)ccc1I. The van der Waals surface area contributed by atoms with Crippen molar-refractivity contribution in [3.63, 3.8) is 0 Å². The summed E-state index contributed by atoms with van der Waals surface area (Å²) in [6, 6.07) is 5.90. The van der Waals surface area contributed by atoms with E-state index in [1.54, 1.807) is 7.11 Å². The summed E-state index contributed by atoms with van der Waals surface area (Å²) in [6.45, 7) is 0.796. The molecule has 0 aliphatic carbocycles. The monoisotopic (exact) mass is 293 g/mol. The number of ether oxygens (including phenoxy) is 2. The Bertz CT molecular complexity index is 278. The van der Waals surface area contributed by atoms with Crippen LogP contribution >= 0.6 is 22.6 Å². The number of halogens is 1. The van der Waals surface area contributed by atoms with Gasteiger partial charge in [-0.25, -0.2) is 0 Å². The van der Waals surface area contributed by atoms with Crippen molar-refractivity contribution in [2.45, 2.75) is 6.54 Å². The second-order valence-corrected chi connectivity index (χ2v) is 3.68. The van der Waals surface area contributed by atoms with Gasteiger partial charge >= 0.3 is 0 Å². The summed E-state index contributed by atoms with van der Waals surface area (Å²) >= 11 is 2.21. The van der Waals surface area contributed by atoms with Crippen molar-refractivity contribution in [3.8, 4) is 5.75 Å². The van der Waals surface area contributed by atoms with Crippen LogP contribution in [0.15, 0.2) is 18.2 Å². The Morgan fingerprint density at radius 3 is 2.85 bits per heavy atom. The Labute approximate surface area is 91.4 Å². The Kier molecular flexibility index (Phi) is 4.47. The third-order valence-corrected chi connectivity index (χ3v) is 2.45.